The molecule has 218 valence electrons. The number of carbonyl (C=O) groups excluding carboxylic acids is 1. The Morgan fingerprint density at radius 1 is 1.18 bits per heavy atom. The largest absolute Gasteiger partial charge is 0.445 e. The minimum atomic E-state index is -2.90. The van der Waals surface area contributed by atoms with Crippen LogP contribution in [0.3, 0.4) is 0 Å². The van der Waals surface area contributed by atoms with Crippen LogP contribution in [-0.4, -0.2) is 55.3 Å². The van der Waals surface area contributed by atoms with Crippen molar-refractivity contribution in [2.75, 3.05) is 6.54 Å². The summed E-state index contributed by atoms with van der Waals surface area (Å²) in [6, 6.07) is 7.74. The molecule has 9 nitrogen and oxygen atoms in total. The zero-order chi connectivity index (χ0) is 27.6. The summed E-state index contributed by atoms with van der Waals surface area (Å²) in [6.45, 7) is 0.223. The lowest BCUT2D eigenvalue weighted by atomic mass is 9.81. The summed E-state index contributed by atoms with van der Waals surface area (Å²) >= 11 is 0. The van der Waals surface area contributed by atoms with E-state index >= 15 is 0 Å². The summed E-state index contributed by atoms with van der Waals surface area (Å²) in [4.78, 5) is 21.7. The number of alkyl carbamates (subject to hydrolysis) is 1. The van der Waals surface area contributed by atoms with E-state index in [1.165, 1.54) is 10.7 Å². The summed E-state index contributed by atoms with van der Waals surface area (Å²) in [7, 11) is 0. The maximum atomic E-state index is 13.9. The Kier molecular flexibility index (Phi) is 9.16. The van der Waals surface area contributed by atoms with Crippen molar-refractivity contribution in [3.63, 3.8) is 0 Å². The number of alkyl halides is 4. The molecule has 40 heavy (non-hydrogen) atoms. The molecule has 3 atom stereocenters. The van der Waals surface area contributed by atoms with Crippen molar-refractivity contribution < 1.29 is 32.2 Å². The van der Waals surface area contributed by atoms with Crippen molar-refractivity contribution in [1.82, 2.24) is 30.2 Å². The Morgan fingerprint density at radius 2 is 1.90 bits per heavy atom. The number of piperidine rings is 1. The molecule has 2 aliphatic rings. The van der Waals surface area contributed by atoms with Crippen LogP contribution in [-0.2, 0) is 11.3 Å². The lowest BCUT2D eigenvalue weighted by Crippen LogP contribution is -2.48. The molecule has 1 aliphatic heterocycles. The minimum absolute atomic E-state index is 0. The zero-order valence-corrected chi connectivity index (χ0v) is 22.3. The molecule has 1 aliphatic carbocycles. The number of nitrogens with zero attached hydrogens (tertiary/aromatic N) is 4. The minimum Gasteiger partial charge on any atom is -0.445 e. The molecule has 14 heteroatoms. The van der Waals surface area contributed by atoms with E-state index in [1.54, 1.807) is 6.20 Å². The molecular formula is C26H31ClF4N6O3. The summed E-state index contributed by atoms with van der Waals surface area (Å²) < 4.78 is 61.3. The highest BCUT2D eigenvalue weighted by Crippen LogP contribution is 2.41. The second-order valence-electron chi connectivity index (χ2n) is 10.3. The lowest BCUT2D eigenvalue weighted by molar-refractivity contribution is -0.120. The van der Waals surface area contributed by atoms with Crippen molar-refractivity contribution in [1.29, 1.82) is 0 Å². The molecule has 0 spiro atoms. The number of fused-ring (bicyclic) bond motifs is 1. The maximum Gasteiger partial charge on any atom is 0.408 e. The molecule has 2 fully saturated rings. The van der Waals surface area contributed by atoms with Crippen LogP contribution in [0.15, 0.2) is 42.7 Å². The molecule has 3 aromatic rings. The number of hydrogen-bond donors (Lipinski definition) is 3. The number of aromatic nitrogens is 4. The van der Waals surface area contributed by atoms with E-state index in [9.17, 15) is 27.5 Å². The molecule has 2 unspecified atom stereocenters. The molecule has 1 aromatic carbocycles. The summed E-state index contributed by atoms with van der Waals surface area (Å²) in [5.74, 6) is -2.92. The van der Waals surface area contributed by atoms with Crippen LogP contribution < -0.4 is 10.6 Å². The average molecular weight is 587 g/mol. The average Bonchev–Trinajstić information content (AvgIpc) is 3.34. The first-order valence-electron chi connectivity index (χ1n) is 12.9. The number of rotatable bonds is 7. The summed E-state index contributed by atoms with van der Waals surface area (Å²) in [6.07, 6.45) is -1.22. The van der Waals surface area contributed by atoms with Gasteiger partial charge in [0.05, 0.1) is 35.9 Å². The van der Waals surface area contributed by atoms with Crippen molar-refractivity contribution in [2.45, 2.75) is 75.2 Å². The third kappa shape index (κ3) is 6.81. The van der Waals surface area contributed by atoms with Crippen molar-refractivity contribution >= 4 is 24.3 Å². The monoisotopic (exact) mass is 586 g/mol. The topological polar surface area (TPSA) is 114 Å². The van der Waals surface area contributed by atoms with E-state index in [2.05, 4.69) is 25.7 Å². The van der Waals surface area contributed by atoms with Gasteiger partial charge < -0.3 is 20.5 Å². The fourth-order valence-electron chi connectivity index (χ4n) is 5.24. The number of imidazole rings is 1. The molecule has 2 aromatic heterocycles. The highest BCUT2D eigenvalue weighted by atomic mass is 35.5. The van der Waals surface area contributed by atoms with E-state index in [-0.39, 0.29) is 75.8 Å². The van der Waals surface area contributed by atoms with E-state index in [4.69, 9.17) is 4.74 Å². The van der Waals surface area contributed by atoms with Gasteiger partial charge in [-0.2, -0.15) is 5.10 Å². The normalized spacial score (nSPS) is 23.9. The van der Waals surface area contributed by atoms with Crippen molar-refractivity contribution in [3.05, 3.63) is 59.7 Å². The van der Waals surface area contributed by atoms with Gasteiger partial charge in [0.2, 0.25) is 5.92 Å². The summed E-state index contributed by atoms with van der Waals surface area (Å²) in [5, 5.41) is 20.5. The van der Waals surface area contributed by atoms with Crippen LogP contribution in [0.1, 0.15) is 67.6 Å². The highest BCUT2D eigenvalue weighted by Gasteiger charge is 2.43. The smallest absolute Gasteiger partial charge is 0.408 e. The number of carbonyl (C=O) groups is 1. The van der Waals surface area contributed by atoms with Crippen LogP contribution in [0.2, 0.25) is 0 Å². The number of hydrogen-bond acceptors (Lipinski definition) is 7. The van der Waals surface area contributed by atoms with Gasteiger partial charge in [0.25, 0.3) is 12.2 Å². The van der Waals surface area contributed by atoms with Crippen LogP contribution in [0.4, 0.5) is 22.4 Å². The maximum absolute atomic E-state index is 13.9. The number of benzene rings is 1. The lowest BCUT2D eigenvalue weighted by Gasteiger charge is -2.36. The third-order valence-electron chi connectivity index (χ3n) is 7.54. The standard InChI is InChI=1S/C26H30F4N6O3.ClH/c27-22(28)25(38)10-11-31-18(12-25)19-13-32-36-14-20(34-23(36)33-19)21(17-6-8-26(29,30)9-7-17)35-24(37)39-15-16-4-2-1-3-5-16;/h1-5,13-14,17-18,21-22,31,38H,6-12,15H2,(H,35,37);1H/t18?,21-,25?;/m0./s1. The number of amides is 1. The van der Waals surface area contributed by atoms with E-state index < -0.39 is 36.1 Å². The number of nitrogens with one attached hydrogen (secondary N) is 2. The first-order valence-corrected chi connectivity index (χ1v) is 12.9. The quantitative estimate of drug-likeness (QED) is 0.342. The highest BCUT2D eigenvalue weighted by molar-refractivity contribution is 5.85. The van der Waals surface area contributed by atoms with E-state index in [1.807, 2.05) is 30.3 Å². The van der Waals surface area contributed by atoms with Gasteiger partial charge in [-0.1, -0.05) is 30.3 Å². The Labute approximate surface area is 234 Å². The Hall–Kier alpha value is -3.03. The predicted molar refractivity (Wildman–Crippen MR) is 138 cm³/mol. The Bertz CT molecular complexity index is 1290. The number of ether oxygens (including phenoxy) is 1. The summed E-state index contributed by atoms with van der Waals surface area (Å²) in [5.41, 5.74) is -0.616. The number of aliphatic hydroxyl groups is 1. The van der Waals surface area contributed by atoms with Gasteiger partial charge in [0.1, 0.15) is 12.2 Å². The molecule has 0 radical (unpaired) electrons. The fraction of sp³-hybridized carbons (Fsp3) is 0.538. The predicted octanol–water partition coefficient (Wildman–Crippen LogP) is 4.76. The SMILES string of the molecule is Cl.O=C(N[C@H](c1cn2ncc(C3CC(O)(C(F)F)CCN3)nc2n1)C1CCC(F)(F)CC1)OCc1ccccc1. The van der Waals surface area contributed by atoms with E-state index in [0.717, 1.165) is 5.56 Å². The van der Waals surface area contributed by atoms with Gasteiger partial charge in [-0.05, 0) is 37.3 Å². The molecule has 1 amide bonds. The van der Waals surface area contributed by atoms with Crippen LogP contribution >= 0.6 is 12.4 Å². The van der Waals surface area contributed by atoms with Gasteiger partial charge in [0.15, 0.2) is 0 Å². The first-order chi connectivity index (χ1) is 18.6. The van der Waals surface area contributed by atoms with Gasteiger partial charge in [0, 0.05) is 19.3 Å². The molecule has 3 N–H and O–H groups in total. The molecule has 1 saturated heterocycles. The van der Waals surface area contributed by atoms with Crippen molar-refractivity contribution in [2.24, 2.45) is 5.92 Å². The van der Waals surface area contributed by atoms with Crippen LogP contribution in [0, 0.1) is 5.92 Å². The van der Waals surface area contributed by atoms with Gasteiger partial charge >= 0.3 is 6.09 Å². The molecular weight excluding hydrogens is 556 g/mol. The Balaban J connectivity index is 0.00000370. The molecule has 5 rings (SSSR count). The van der Waals surface area contributed by atoms with Crippen LogP contribution in [0.5, 0.6) is 0 Å². The van der Waals surface area contributed by atoms with Crippen LogP contribution in [0.25, 0.3) is 5.78 Å². The second-order valence-corrected chi connectivity index (χ2v) is 10.3. The molecule has 3 heterocycles. The first kappa shape index (κ1) is 29.9. The van der Waals surface area contributed by atoms with Crippen molar-refractivity contribution in [3.8, 4) is 0 Å². The van der Waals surface area contributed by atoms with Gasteiger partial charge in [-0.15, -0.1) is 12.4 Å². The number of halogens is 5. The molecule has 0 bridgehead atoms. The third-order valence-corrected chi connectivity index (χ3v) is 7.54. The molecule has 1 saturated carbocycles. The fourth-order valence-corrected chi connectivity index (χ4v) is 5.24. The zero-order valence-electron chi connectivity index (χ0n) is 21.5. The van der Waals surface area contributed by atoms with Gasteiger partial charge in [-0.3, -0.25) is 0 Å². The van der Waals surface area contributed by atoms with E-state index in [0.29, 0.717) is 11.4 Å². The Morgan fingerprint density at radius 3 is 2.60 bits per heavy atom. The second kappa shape index (κ2) is 12.2. The van der Waals surface area contributed by atoms with Gasteiger partial charge in [-0.25, -0.2) is 36.8 Å².